The molecule has 0 radical (unpaired) electrons. The molecular weight excluding hydrogens is 282 g/mol. The number of nitrogens with zero attached hydrogens (tertiary/aromatic N) is 2. The minimum atomic E-state index is -0.348. The Kier molecular flexibility index (Phi) is 4.75. The summed E-state index contributed by atoms with van der Waals surface area (Å²) in [6.45, 7) is 2.85. The van der Waals surface area contributed by atoms with Gasteiger partial charge in [0.25, 0.3) is 5.69 Å². The summed E-state index contributed by atoms with van der Waals surface area (Å²) in [5, 5.41) is 14.9. The number of nitro benzene ring substituents is 1. The van der Waals surface area contributed by atoms with Crippen molar-refractivity contribution in [3.8, 4) is 0 Å². The van der Waals surface area contributed by atoms with Crippen molar-refractivity contribution in [3.05, 3.63) is 45.5 Å². The molecule has 0 atom stereocenters. The van der Waals surface area contributed by atoms with E-state index in [0.29, 0.717) is 10.6 Å². The fourth-order valence-electron chi connectivity index (χ4n) is 1.49. The third-order valence-corrected chi connectivity index (χ3v) is 4.56. The van der Waals surface area contributed by atoms with Gasteiger partial charge in [0.05, 0.1) is 9.82 Å². The van der Waals surface area contributed by atoms with Crippen LogP contribution in [-0.4, -0.2) is 16.5 Å². The lowest BCUT2D eigenvalue weighted by Gasteiger charge is -2.00. The van der Waals surface area contributed by atoms with E-state index >= 15 is 0 Å². The van der Waals surface area contributed by atoms with Crippen LogP contribution in [0.5, 0.6) is 0 Å². The predicted octanol–water partition coefficient (Wildman–Crippen LogP) is 3.78. The van der Waals surface area contributed by atoms with E-state index in [2.05, 4.69) is 10.3 Å². The van der Waals surface area contributed by atoms with Crippen LogP contribution in [-0.2, 0) is 5.75 Å². The average molecular weight is 295 g/mol. The van der Waals surface area contributed by atoms with Gasteiger partial charge in [0, 0.05) is 29.4 Å². The smallest absolute Gasteiger partial charge is 0.282 e. The van der Waals surface area contributed by atoms with Crippen LogP contribution >= 0.6 is 23.1 Å². The Labute approximate surface area is 119 Å². The molecule has 0 amide bonds. The van der Waals surface area contributed by atoms with Crippen molar-refractivity contribution in [2.24, 2.45) is 0 Å². The molecule has 0 fully saturated rings. The quantitative estimate of drug-likeness (QED) is 0.499. The lowest BCUT2D eigenvalue weighted by atomic mass is 10.3. The Bertz CT molecular complexity index is 572. The molecule has 0 bridgehead atoms. The second-order valence-electron chi connectivity index (χ2n) is 3.68. The zero-order valence-electron chi connectivity index (χ0n) is 10.3. The zero-order chi connectivity index (χ0) is 13.7. The van der Waals surface area contributed by atoms with Crippen LogP contribution in [0.25, 0.3) is 0 Å². The molecule has 19 heavy (non-hydrogen) atoms. The fraction of sp³-hybridized carbons (Fsp3) is 0.250. The Morgan fingerprint density at radius 2 is 2.26 bits per heavy atom. The van der Waals surface area contributed by atoms with E-state index in [-0.39, 0.29) is 10.6 Å². The zero-order valence-corrected chi connectivity index (χ0v) is 12.0. The van der Waals surface area contributed by atoms with Gasteiger partial charge in [-0.3, -0.25) is 10.1 Å². The van der Waals surface area contributed by atoms with Crippen LogP contribution in [0.3, 0.4) is 0 Å². The van der Waals surface area contributed by atoms with Crippen LogP contribution in [0, 0.1) is 10.1 Å². The molecule has 0 aliphatic carbocycles. The minimum absolute atomic E-state index is 0.156. The third kappa shape index (κ3) is 3.68. The maximum absolute atomic E-state index is 10.9. The number of thioether (sulfide) groups is 1. The highest BCUT2D eigenvalue weighted by Crippen LogP contribution is 2.32. The largest absolute Gasteiger partial charge is 0.362 e. The van der Waals surface area contributed by atoms with E-state index in [1.165, 1.54) is 17.8 Å². The summed E-state index contributed by atoms with van der Waals surface area (Å²) in [6, 6.07) is 6.79. The molecule has 1 heterocycles. The summed E-state index contributed by atoms with van der Waals surface area (Å²) < 4.78 is 0. The Morgan fingerprint density at radius 1 is 1.47 bits per heavy atom. The molecule has 7 heteroatoms. The SMILES string of the molecule is CCNc1ncc(CSc2ccccc2[N+](=O)[O-])s1. The molecule has 0 saturated carbocycles. The van der Waals surface area contributed by atoms with E-state index < -0.39 is 0 Å². The lowest BCUT2D eigenvalue weighted by molar-refractivity contribution is -0.387. The number of anilines is 1. The number of nitrogens with one attached hydrogen (secondary N) is 1. The molecule has 1 N–H and O–H groups in total. The van der Waals surface area contributed by atoms with Crippen molar-refractivity contribution in [1.82, 2.24) is 4.98 Å². The van der Waals surface area contributed by atoms with Crippen LogP contribution in [0.15, 0.2) is 35.4 Å². The number of para-hydroxylation sites is 1. The number of benzene rings is 1. The first kappa shape index (κ1) is 13.8. The summed E-state index contributed by atoms with van der Waals surface area (Å²) in [5.74, 6) is 0.688. The Hall–Kier alpha value is -1.60. The highest BCUT2D eigenvalue weighted by molar-refractivity contribution is 7.98. The summed E-state index contributed by atoms with van der Waals surface area (Å²) >= 11 is 3.04. The van der Waals surface area contributed by atoms with Crippen molar-refractivity contribution in [1.29, 1.82) is 0 Å². The van der Waals surface area contributed by atoms with Gasteiger partial charge in [-0.25, -0.2) is 4.98 Å². The summed E-state index contributed by atoms with van der Waals surface area (Å²) in [5.41, 5.74) is 0.156. The maximum atomic E-state index is 10.9. The average Bonchev–Trinajstić information content (AvgIpc) is 2.85. The number of rotatable bonds is 6. The molecule has 0 saturated heterocycles. The molecule has 1 aromatic heterocycles. The summed E-state index contributed by atoms with van der Waals surface area (Å²) in [6.07, 6.45) is 1.81. The van der Waals surface area contributed by atoms with E-state index in [1.54, 1.807) is 23.5 Å². The highest BCUT2D eigenvalue weighted by Gasteiger charge is 2.13. The molecule has 0 unspecified atom stereocenters. The second kappa shape index (κ2) is 6.53. The molecule has 100 valence electrons. The maximum Gasteiger partial charge on any atom is 0.282 e. The van der Waals surface area contributed by atoms with Gasteiger partial charge >= 0.3 is 0 Å². The highest BCUT2D eigenvalue weighted by atomic mass is 32.2. The molecule has 5 nitrogen and oxygen atoms in total. The van der Waals surface area contributed by atoms with Crippen molar-refractivity contribution in [2.75, 3.05) is 11.9 Å². The number of aromatic nitrogens is 1. The monoisotopic (exact) mass is 295 g/mol. The fourth-order valence-corrected chi connectivity index (χ4v) is 3.41. The molecule has 2 aromatic rings. The topological polar surface area (TPSA) is 68.1 Å². The van der Waals surface area contributed by atoms with Crippen LogP contribution < -0.4 is 5.32 Å². The van der Waals surface area contributed by atoms with Gasteiger partial charge in [0.2, 0.25) is 0 Å². The van der Waals surface area contributed by atoms with E-state index in [0.717, 1.165) is 16.6 Å². The van der Waals surface area contributed by atoms with Gasteiger partial charge in [-0.15, -0.1) is 23.1 Å². The van der Waals surface area contributed by atoms with Gasteiger partial charge in [-0.1, -0.05) is 12.1 Å². The summed E-state index contributed by atoms with van der Waals surface area (Å²) in [4.78, 5) is 16.6. The molecule has 0 aliphatic rings. The van der Waals surface area contributed by atoms with Crippen LogP contribution in [0.1, 0.15) is 11.8 Å². The number of hydrogen-bond acceptors (Lipinski definition) is 6. The molecule has 0 spiro atoms. The van der Waals surface area contributed by atoms with Crippen molar-refractivity contribution in [2.45, 2.75) is 17.6 Å². The van der Waals surface area contributed by atoms with Crippen LogP contribution in [0.4, 0.5) is 10.8 Å². The van der Waals surface area contributed by atoms with E-state index in [4.69, 9.17) is 0 Å². The predicted molar refractivity (Wildman–Crippen MR) is 78.9 cm³/mol. The lowest BCUT2D eigenvalue weighted by Crippen LogP contribution is -1.94. The Balaban J connectivity index is 2.03. The van der Waals surface area contributed by atoms with Gasteiger partial charge in [-0.05, 0) is 13.0 Å². The number of nitro groups is 1. The van der Waals surface area contributed by atoms with Crippen molar-refractivity contribution < 1.29 is 4.92 Å². The van der Waals surface area contributed by atoms with Crippen molar-refractivity contribution >= 4 is 33.9 Å². The second-order valence-corrected chi connectivity index (χ2v) is 5.81. The normalized spacial score (nSPS) is 10.4. The molecule has 2 rings (SSSR count). The van der Waals surface area contributed by atoms with E-state index in [9.17, 15) is 10.1 Å². The first-order chi connectivity index (χ1) is 9.20. The first-order valence-electron chi connectivity index (χ1n) is 5.75. The number of thiazole rings is 1. The summed E-state index contributed by atoms with van der Waals surface area (Å²) in [7, 11) is 0. The minimum Gasteiger partial charge on any atom is -0.362 e. The molecular formula is C12H13N3O2S2. The van der Waals surface area contributed by atoms with Gasteiger partial charge < -0.3 is 5.32 Å². The molecule has 0 aliphatic heterocycles. The Morgan fingerprint density at radius 3 is 3.00 bits per heavy atom. The third-order valence-electron chi connectivity index (χ3n) is 2.31. The molecule has 1 aromatic carbocycles. The van der Waals surface area contributed by atoms with Crippen molar-refractivity contribution in [3.63, 3.8) is 0 Å². The first-order valence-corrected chi connectivity index (χ1v) is 7.55. The van der Waals surface area contributed by atoms with Crippen LogP contribution in [0.2, 0.25) is 0 Å². The van der Waals surface area contributed by atoms with Gasteiger partial charge in [0.15, 0.2) is 5.13 Å². The van der Waals surface area contributed by atoms with E-state index in [1.807, 2.05) is 19.2 Å². The standard InChI is InChI=1S/C12H13N3O2S2/c1-2-13-12-14-7-9(19-12)8-18-11-6-4-3-5-10(11)15(16)17/h3-7H,2,8H2,1H3,(H,13,14). The number of hydrogen-bond donors (Lipinski definition) is 1. The van der Waals surface area contributed by atoms with Gasteiger partial charge in [0.1, 0.15) is 0 Å². The van der Waals surface area contributed by atoms with Gasteiger partial charge in [-0.2, -0.15) is 0 Å².